The number of amides is 4. The maximum atomic E-state index is 15.6. The Hall–Kier alpha value is -5.42. The van der Waals surface area contributed by atoms with Gasteiger partial charge in [-0.2, -0.15) is 18.2 Å². The van der Waals surface area contributed by atoms with E-state index in [1.807, 2.05) is 36.4 Å². The number of fused-ring (bicyclic) bond motifs is 4. The van der Waals surface area contributed by atoms with Crippen LogP contribution in [-0.2, 0) is 30.8 Å². The van der Waals surface area contributed by atoms with Crippen molar-refractivity contribution in [1.82, 2.24) is 9.99 Å². The molecular weight excluding hydrogens is 994 g/mol. The Morgan fingerprint density at radius 1 is 0.873 bits per heavy atom. The zero-order valence-corrected chi connectivity index (χ0v) is 37.3. The van der Waals surface area contributed by atoms with Crippen molar-refractivity contribution in [3.05, 3.63) is 145 Å². The standard InChI is InChI=1S/C45H32Br2Cl2F3N5O6/c1-63-33-19-30(36(46)37(47)38(33)58)35-27-15-16-28-34(42(61)56(40(28)59)26-13-11-25(12-14-26)54-24-5-3-2-4-6-24)29(27)18-31-41(60)57(43(62)44(31,35)21-7-9-23(48)10-8-21)55-39-32(49)17-22(20-53-39)45(50,51)52/h2-15,17,19-20,28-29,31,34-35,54,58H,16,18H2,1H3,(H,53,55). The molecule has 11 nitrogen and oxygen atoms in total. The molecule has 4 amide bonds. The summed E-state index contributed by atoms with van der Waals surface area (Å²) in [4.78, 5) is 64.9. The van der Waals surface area contributed by atoms with E-state index in [-0.39, 0.29) is 28.8 Å². The molecule has 3 N–H and O–H groups in total. The minimum atomic E-state index is -4.78. The van der Waals surface area contributed by atoms with Crippen molar-refractivity contribution >= 4 is 102 Å². The van der Waals surface area contributed by atoms with Crippen molar-refractivity contribution in [3.8, 4) is 11.5 Å². The lowest BCUT2D eigenvalue weighted by Crippen LogP contribution is -2.53. The molecule has 1 saturated carbocycles. The zero-order valence-electron chi connectivity index (χ0n) is 32.6. The second-order valence-electron chi connectivity index (χ2n) is 15.6. The summed E-state index contributed by atoms with van der Waals surface area (Å²) in [6.07, 6.45) is -2.37. The number of phenols is 1. The summed E-state index contributed by atoms with van der Waals surface area (Å²) in [5.74, 6) is -8.00. The molecule has 5 aromatic rings. The summed E-state index contributed by atoms with van der Waals surface area (Å²) >= 11 is 19.8. The second-order valence-corrected chi connectivity index (χ2v) is 18.0. The molecule has 63 heavy (non-hydrogen) atoms. The van der Waals surface area contributed by atoms with Crippen LogP contribution in [0.1, 0.15) is 35.4 Å². The first-order chi connectivity index (χ1) is 30.1. The Balaban J connectivity index is 1.19. The van der Waals surface area contributed by atoms with Crippen LogP contribution >= 0.6 is 55.1 Å². The second kappa shape index (κ2) is 16.0. The SMILES string of the molecule is COc1cc(C2C3=CCC4C(=O)N(c5ccc(Nc6ccccc6)cc5)C(=O)C4C3CC3C(=O)N(Nc4ncc(C(F)(F)F)cc4Cl)C(=O)C32c2ccc(Cl)cc2)c(Br)c(Br)c1O. The predicted octanol–water partition coefficient (Wildman–Crippen LogP) is 10.6. The molecule has 322 valence electrons. The number of aromatic hydroxyl groups is 1. The van der Waals surface area contributed by atoms with Crippen molar-refractivity contribution < 1.29 is 42.2 Å². The van der Waals surface area contributed by atoms with Gasteiger partial charge in [0.2, 0.25) is 11.8 Å². The van der Waals surface area contributed by atoms with Crippen molar-refractivity contribution in [3.63, 3.8) is 0 Å². The number of hydrazine groups is 1. The number of halogens is 7. The number of ether oxygens (including phenoxy) is 1. The fourth-order valence-electron chi connectivity index (χ4n) is 9.74. The number of benzene rings is 4. The number of carbonyl (C=O) groups excluding carboxylic acids is 4. The van der Waals surface area contributed by atoms with Gasteiger partial charge in [-0.25, -0.2) is 4.98 Å². The molecule has 18 heteroatoms. The first-order valence-electron chi connectivity index (χ1n) is 19.4. The molecule has 0 bridgehead atoms. The van der Waals surface area contributed by atoms with Crippen LogP contribution < -0.4 is 20.4 Å². The predicted molar refractivity (Wildman–Crippen MR) is 236 cm³/mol. The minimum absolute atomic E-state index is 0.0234. The highest BCUT2D eigenvalue weighted by Gasteiger charge is 2.71. The summed E-state index contributed by atoms with van der Waals surface area (Å²) in [5, 5.41) is 14.9. The highest BCUT2D eigenvalue weighted by Crippen LogP contribution is 2.66. The first kappa shape index (κ1) is 42.9. The summed E-state index contributed by atoms with van der Waals surface area (Å²) in [6, 6.07) is 24.9. The van der Waals surface area contributed by atoms with Crippen LogP contribution in [-0.4, -0.2) is 45.8 Å². The lowest BCUT2D eigenvalue weighted by Gasteiger charge is -2.51. The largest absolute Gasteiger partial charge is 0.503 e. The van der Waals surface area contributed by atoms with Crippen LogP contribution in [0.2, 0.25) is 10.0 Å². The minimum Gasteiger partial charge on any atom is -0.503 e. The Bertz CT molecular complexity index is 2760. The number of methoxy groups -OCH3 is 1. The van der Waals surface area contributed by atoms with Crippen LogP contribution in [0.15, 0.2) is 118 Å². The Morgan fingerprint density at radius 3 is 2.21 bits per heavy atom. The van der Waals surface area contributed by atoms with Gasteiger partial charge in [0.25, 0.3) is 11.8 Å². The van der Waals surface area contributed by atoms with Crippen LogP contribution in [0, 0.1) is 23.7 Å². The summed E-state index contributed by atoms with van der Waals surface area (Å²) in [5.41, 5.74) is 2.92. The molecule has 6 unspecified atom stereocenters. The molecular formula is C45H32Br2Cl2F3N5O6. The molecule has 3 fully saturated rings. The van der Waals surface area contributed by atoms with Crippen LogP contribution in [0.5, 0.6) is 11.5 Å². The maximum Gasteiger partial charge on any atom is 0.417 e. The van der Waals surface area contributed by atoms with Crippen LogP contribution in [0.4, 0.5) is 36.1 Å². The van der Waals surface area contributed by atoms with E-state index in [1.165, 1.54) is 12.0 Å². The smallest absolute Gasteiger partial charge is 0.417 e. The molecule has 6 atom stereocenters. The van der Waals surface area contributed by atoms with E-state index in [2.05, 4.69) is 47.6 Å². The van der Waals surface area contributed by atoms with Crippen LogP contribution in [0.25, 0.3) is 0 Å². The molecule has 3 heterocycles. The van der Waals surface area contributed by atoms with Crippen molar-refractivity contribution in [1.29, 1.82) is 0 Å². The number of para-hydroxylation sites is 1. The number of hydrogen-bond acceptors (Lipinski definition) is 9. The Kier molecular flexibility index (Phi) is 10.9. The van der Waals surface area contributed by atoms with Gasteiger partial charge in [-0.15, -0.1) is 0 Å². The van der Waals surface area contributed by atoms with E-state index in [9.17, 15) is 27.9 Å². The third-order valence-electron chi connectivity index (χ3n) is 12.5. The highest BCUT2D eigenvalue weighted by atomic mass is 79.9. The van der Waals surface area contributed by atoms with Gasteiger partial charge in [-0.05, 0) is 122 Å². The lowest BCUT2D eigenvalue weighted by atomic mass is 9.49. The molecule has 4 aromatic carbocycles. The fourth-order valence-corrected chi connectivity index (χ4v) is 11.0. The van der Waals surface area contributed by atoms with Crippen molar-refractivity contribution in [2.45, 2.75) is 30.4 Å². The number of nitrogens with zero attached hydrogens (tertiary/aromatic N) is 3. The highest BCUT2D eigenvalue weighted by molar-refractivity contribution is 9.13. The maximum absolute atomic E-state index is 15.6. The van der Waals surface area contributed by atoms with Gasteiger partial charge in [0.05, 0.1) is 51.0 Å². The lowest BCUT2D eigenvalue weighted by molar-refractivity contribution is -0.139. The van der Waals surface area contributed by atoms with E-state index < -0.39 is 81.2 Å². The molecule has 2 saturated heterocycles. The number of imide groups is 2. The third kappa shape index (κ3) is 6.87. The Morgan fingerprint density at radius 2 is 1.56 bits per heavy atom. The number of aromatic nitrogens is 1. The number of carbonyl (C=O) groups is 4. The number of allylic oxidation sites excluding steroid dienone is 2. The van der Waals surface area contributed by atoms with E-state index in [0.29, 0.717) is 49.2 Å². The van der Waals surface area contributed by atoms with Crippen LogP contribution in [0.3, 0.4) is 0 Å². The van der Waals surface area contributed by atoms with Gasteiger partial charge in [-0.1, -0.05) is 65.2 Å². The number of alkyl halides is 3. The van der Waals surface area contributed by atoms with E-state index in [0.717, 1.165) is 11.4 Å². The Labute approximate surface area is 384 Å². The van der Waals surface area contributed by atoms with Crippen molar-refractivity contribution in [2.75, 3.05) is 22.8 Å². The van der Waals surface area contributed by atoms with Gasteiger partial charge in [0, 0.05) is 33.0 Å². The quantitative estimate of drug-likeness (QED) is 0.102. The van der Waals surface area contributed by atoms with Gasteiger partial charge >= 0.3 is 6.18 Å². The van der Waals surface area contributed by atoms with Gasteiger partial charge in [0.15, 0.2) is 17.3 Å². The van der Waals surface area contributed by atoms with E-state index in [4.69, 9.17) is 27.9 Å². The normalized spacial score (nSPS) is 24.2. The summed E-state index contributed by atoms with van der Waals surface area (Å²) < 4.78 is 46.9. The average Bonchev–Trinajstić information content (AvgIpc) is 3.64. The topological polar surface area (TPSA) is 141 Å². The molecule has 0 radical (unpaired) electrons. The van der Waals surface area contributed by atoms with Gasteiger partial charge in [-0.3, -0.25) is 29.5 Å². The average molecular weight is 1030 g/mol. The summed E-state index contributed by atoms with van der Waals surface area (Å²) in [7, 11) is 1.35. The number of pyridine rings is 1. The van der Waals surface area contributed by atoms with Crippen molar-refractivity contribution in [2.24, 2.45) is 23.7 Å². The fraction of sp³-hybridized carbons (Fsp3) is 0.222. The van der Waals surface area contributed by atoms with Gasteiger partial charge < -0.3 is 15.2 Å². The number of nitrogens with one attached hydrogen (secondary N) is 2. The monoisotopic (exact) mass is 1020 g/mol. The van der Waals surface area contributed by atoms with E-state index in [1.54, 1.807) is 54.6 Å². The number of rotatable bonds is 8. The van der Waals surface area contributed by atoms with Gasteiger partial charge in [0.1, 0.15) is 0 Å². The number of anilines is 4. The molecule has 0 spiro atoms. The molecule has 4 aliphatic rings. The first-order valence-corrected chi connectivity index (χ1v) is 21.8. The molecule has 1 aromatic heterocycles. The molecule has 2 aliphatic heterocycles. The third-order valence-corrected chi connectivity index (χ3v) is 15.1. The molecule has 2 aliphatic carbocycles. The van der Waals surface area contributed by atoms with E-state index >= 15 is 9.59 Å². The number of phenolic OH excluding ortho intramolecular Hbond substituents is 1. The summed E-state index contributed by atoms with van der Waals surface area (Å²) in [6.45, 7) is 0. The zero-order chi connectivity index (χ0) is 44.7. The number of hydrogen-bond donors (Lipinski definition) is 3. The molecule has 9 rings (SSSR count).